The number of H-pyrrole nitrogens is 1. The molecule has 26 heavy (non-hydrogen) atoms. The number of aromatic amines is 1. The van der Waals surface area contributed by atoms with Gasteiger partial charge in [-0.15, -0.1) is 0 Å². The number of nitriles is 1. The number of aliphatic hydroxyl groups is 1. The summed E-state index contributed by atoms with van der Waals surface area (Å²) in [5.41, 5.74) is 1.23. The van der Waals surface area contributed by atoms with Crippen molar-refractivity contribution < 1.29 is 9.84 Å². The van der Waals surface area contributed by atoms with Gasteiger partial charge in [-0.05, 0) is 36.6 Å². The highest BCUT2D eigenvalue weighted by Gasteiger charge is 2.18. The molecule has 1 heterocycles. The molecule has 2 aromatic rings. The topological polar surface area (TPSA) is 120 Å². The maximum Gasteiger partial charge on any atom is 0.331 e. The summed E-state index contributed by atoms with van der Waals surface area (Å²) in [5.74, 6) is 0.146. The molecule has 3 N–H and O–H groups in total. The Morgan fingerprint density at radius 3 is 2.69 bits per heavy atom. The molecule has 2 rings (SSSR count). The van der Waals surface area contributed by atoms with Gasteiger partial charge in [0.05, 0.1) is 30.4 Å². The molecule has 0 amide bonds. The number of hydrogen-bond acceptors (Lipinski definition) is 6. The van der Waals surface area contributed by atoms with E-state index in [1.165, 1.54) is 4.57 Å². The Hall–Kier alpha value is -2.89. The summed E-state index contributed by atoms with van der Waals surface area (Å²) in [6, 6.07) is 7.28. The lowest BCUT2D eigenvalue weighted by Crippen LogP contribution is -2.35. The van der Waals surface area contributed by atoms with E-state index >= 15 is 0 Å². The minimum absolute atomic E-state index is 0.0606. The number of nitrogens with one attached hydrogen (secondary N) is 2. The zero-order chi connectivity index (χ0) is 19.3. The van der Waals surface area contributed by atoms with Gasteiger partial charge in [0.2, 0.25) is 0 Å². The molecule has 0 saturated heterocycles. The van der Waals surface area contributed by atoms with Gasteiger partial charge in [-0.1, -0.05) is 13.8 Å². The molecule has 1 aromatic heterocycles. The van der Waals surface area contributed by atoms with Crippen LogP contribution in [0.2, 0.25) is 0 Å². The molecule has 0 aliphatic heterocycles. The number of aryl methyl sites for hydroxylation is 1. The number of ether oxygens (including phenoxy) is 1. The predicted molar refractivity (Wildman–Crippen MR) is 97.6 cm³/mol. The van der Waals surface area contributed by atoms with E-state index in [0.29, 0.717) is 22.6 Å². The highest BCUT2D eigenvalue weighted by Crippen LogP contribution is 2.24. The van der Waals surface area contributed by atoms with Gasteiger partial charge in [0.15, 0.2) is 0 Å². The van der Waals surface area contributed by atoms with Gasteiger partial charge in [-0.25, -0.2) is 4.79 Å². The first-order valence-electron chi connectivity index (χ1n) is 8.21. The molecular weight excluding hydrogens is 336 g/mol. The molecule has 0 radical (unpaired) electrons. The molecule has 0 spiro atoms. The van der Waals surface area contributed by atoms with Gasteiger partial charge in [0.1, 0.15) is 12.5 Å². The van der Waals surface area contributed by atoms with Gasteiger partial charge >= 0.3 is 5.69 Å². The minimum atomic E-state index is -0.618. The van der Waals surface area contributed by atoms with Crippen molar-refractivity contribution in [1.82, 2.24) is 9.55 Å². The summed E-state index contributed by atoms with van der Waals surface area (Å²) in [6.07, 6.45) is 0. The Kier molecular flexibility index (Phi) is 6.33. The van der Waals surface area contributed by atoms with Crippen LogP contribution in [0.3, 0.4) is 0 Å². The second kappa shape index (κ2) is 8.47. The van der Waals surface area contributed by atoms with Crippen molar-refractivity contribution in [2.45, 2.75) is 33.4 Å². The van der Waals surface area contributed by atoms with Gasteiger partial charge in [-0.3, -0.25) is 14.3 Å². The molecule has 138 valence electrons. The largest absolute Gasteiger partial charge is 0.394 e. The van der Waals surface area contributed by atoms with Crippen LogP contribution < -0.4 is 16.6 Å². The second-order valence-electron chi connectivity index (χ2n) is 6.19. The Morgan fingerprint density at radius 2 is 2.08 bits per heavy atom. The lowest BCUT2D eigenvalue weighted by Gasteiger charge is -2.19. The van der Waals surface area contributed by atoms with Crippen LogP contribution in [-0.4, -0.2) is 27.9 Å². The van der Waals surface area contributed by atoms with E-state index in [1.807, 2.05) is 26.8 Å². The van der Waals surface area contributed by atoms with E-state index in [9.17, 15) is 9.59 Å². The van der Waals surface area contributed by atoms with Gasteiger partial charge in [0.25, 0.3) is 5.56 Å². The van der Waals surface area contributed by atoms with E-state index in [-0.39, 0.29) is 25.9 Å². The number of benzene rings is 1. The second-order valence-corrected chi connectivity index (χ2v) is 6.19. The minimum Gasteiger partial charge on any atom is -0.394 e. The van der Waals surface area contributed by atoms with Crippen LogP contribution in [0, 0.1) is 18.3 Å². The van der Waals surface area contributed by atoms with Crippen LogP contribution in [0.1, 0.15) is 36.5 Å². The third-order valence-electron chi connectivity index (χ3n) is 3.74. The number of aromatic nitrogens is 2. The standard InChI is InChI=1S/C18H22N4O4/c1-11(2)15-16(20-14-7-12(3)6-13(8-14)9-19)22(10-26-5-4-23)18(25)21-17(15)24/h6-8,11,20,23H,4-5,10H2,1-3H3,(H,21,24,25). The zero-order valence-corrected chi connectivity index (χ0v) is 15.0. The number of hydrogen-bond donors (Lipinski definition) is 3. The van der Waals surface area contributed by atoms with Gasteiger partial charge < -0.3 is 15.2 Å². The summed E-state index contributed by atoms with van der Waals surface area (Å²) in [7, 11) is 0. The van der Waals surface area contributed by atoms with Gasteiger partial charge in [-0.2, -0.15) is 5.26 Å². The van der Waals surface area contributed by atoms with Crippen LogP contribution in [0.25, 0.3) is 0 Å². The first-order valence-corrected chi connectivity index (χ1v) is 8.21. The van der Waals surface area contributed by atoms with Crippen molar-refractivity contribution in [2.24, 2.45) is 0 Å². The third-order valence-corrected chi connectivity index (χ3v) is 3.74. The summed E-state index contributed by atoms with van der Waals surface area (Å²) in [6.45, 7) is 5.29. The average molecular weight is 358 g/mol. The van der Waals surface area contributed by atoms with E-state index in [2.05, 4.69) is 16.4 Å². The number of nitrogens with zero attached hydrogens (tertiary/aromatic N) is 2. The molecule has 0 atom stereocenters. The summed E-state index contributed by atoms with van der Waals surface area (Å²) in [4.78, 5) is 26.9. The Balaban J connectivity index is 2.60. The molecule has 1 aromatic carbocycles. The Bertz CT molecular complexity index is 938. The summed E-state index contributed by atoms with van der Waals surface area (Å²) in [5, 5.41) is 21.1. The molecule has 0 aliphatic carbocycles. The first-order chi connectivity index (χ1) is 12.4. The van der Waals surface area contributed by atoms with Crippen molar-refractivity contribution in [1.29, 1.82) is 5.26 Å². The quantitative estimate of drug-likeness (QED) is 0.646. The fourth-order valence-electron chi connectivity index (χ4n) is 2.66. The molecule has 0 fully saturated rings. The van der Waals surface area contributed by atoms with E-state index in [1.54, 1.807) is 12.1 Å². The molecule has 0 bridgehead atoms. The normalized spacial score (nSPS) is 10.8. The molecule has 0 aliphatic rings. The van der Waals surface area contributed by atoms with Crippen molar-refractivity contribution in [3.05, 3.63) is 55.7 Å². The SMILES string of the molecule is Cc1cc(C#N)cc(Nc2c(C(C)C)c(=O)[nH]c(=O)n2COCCO)c1. The van der Waals surface area contributed by atoms with Crippen LogP contribution >= 0.6 is 0 Å². The number of anilines is 2. The van der Waals surface area contributed by atoms with Crippen LogP contribution in [-0.2, 0) is 11.5 Å². The highest BCUT2D eigenvalue weighted by molar-refractivity contribution is 5.62. The van der Waals surface area contributed by atoms with Crippen LogP contribution in [0.5, 0.6) is 0 Å². The van der Waals surface area contributed by atoms with E-state index < -0.39 is 11.2 Å². The maximum atomic E-state index is 12.3. The van der Waals surface area contributed by atoms with E-state index in [0.717, 1.165) is 5.56 Å². The van der Waals surface area contributed by atoms with Crippen molar-refractivity contribution >= 4 is 11.5 Å². The Morgan fingerprint density at radius 1 is 1.35 bits per heavy atom. The summed E-state index contributed by atoms with van der Waals surface area (Å²) >= 11 is 0. The van der Waals surface area contributed by atoms with Crippen LogP contribution in [0.4, 0.5) is 11.5 Å². The van der Waals surface area contributed by atoms with Crippen molar-refractivity contribution in [2.75, 3.05) is 18.5 Å². The fraction of sp³-hybridized carbons (Fsp3) is 0.389. The van der Waals surface area contributed by atoms with Crippen molar-refractivity contribution in [3.8, 4) is 6.07 Å². The monoisotopic (exact) mass is 358 g/mol. The fourth-order valence-corrected chi connectivity index (χ4v) is 2.66. The summed E-state index contributed by atoms with van der Waals surface area (Å²) < 4.78 is 6.53. The van der Waals surface area contributed by atoms with Gasteiger partial charge in [0, 0.05) is 5.69 Å². The van der Waals surface area contributed by atoms with E-state index in [4.69, 9.17) is 15.1 Å². The zero-order valence-electron chi connectivity index (χ0n) is 15.0. The molecular formula is C18H22N4O4. The molecule has 8 heteroatoms. The van der Waals surface area contributed by atoms with Crippen LogP contribution in [0.15, 0.2) is 27.8 Å². The first kappa shape index (κ1) is 19.4. The third kappa shape index (κ3) is 4.39. The molecule has 0 saturated carbocycles. The highest BCUT2D eigenvalue weighted by atomic mass is 16.5. The lowest BCUT2D eigenvalue weighted by molar-refractivity contribution is 0.0466. The lowest BCUT2D eigenvalue weighted by atomic mass is 10.1. The molecule has 0 unspecified atom stereocenters. The number of rotatable bonds is 7. The predicted octanol–water partition coefficient (Wildman–Crippen LogP) is 1.55. The smallest absolute Gasteiger partial charge is 0.331 e. The maximum absolute atomic E-state index is 12.3. The number of aliphatic hydroxyl groups excluding tert-OH is 1. The molecule has 8 nitrogen and oxygen atoms in total. The Labute approximate surface area is 150 Å². The van der Waals surface area contributed by atoms with Crippen molar-refractivity contribution in [3.63, 3.8) is 0 Å². The average Bonchev–Trinajstić information content (AvgIpc) is 2.56.